The van der Waals surface area contributed by atoms with E-state index in [4.69, 9.17) is 0 Å². The number of rotatable bonds is 2. The fraction of sp³-hybridized carbons (Fsp3) is 0.800. The minimum Gasteiger partial charge on any atom is -0.479 e. The summed E-state index contributed by atoms with van der Waals surface area (Å²) in [7, 11) is 0. The topological polar surface area (TPSA) is 86.6 Å². The number of carboxylic acids is 1. The number of carbonyl (C=O) groups is 2. The Kier molecular flexibility index (Phi) is 2.05. The molecule has 2 fully saturated rings. The van der Waals surface area contributed by atoms with Gasteiger partial charge >= 0.3 is 5.97 Å². The number of carboxylic acid groups (broad SMARTS) is 1. The number of nitrogens with one attached hydrogen (secondary N) is 1. The molecule has 0 heterocycles. The van der Waals surface area contributed by atoms with E-state index in [2.05, 4.69) is 5.32 Å². The van der Waals surface area contributed by atoms with Crippen LogP contribution in [0.4, 0.5) is 0 Å². The predicted molar refractivity (Wildman–Crippen MR) is 51.1 cm³/mol. The van der Waals surface area contributed by atoms with Crippen LogP contribution in [-0.2, 0) is 9.59 Å². The van der Waals surface area contributed by atoms with Gasteiger partial charge in [0.15, 0.2) is 0 Å². The first kappa shape index (κ1) is 10.4. The third-order valence-electron chi connectivity index (χ3n) is 3.99. The van der Waals surface area contributed by atoms with E-state index in [0.29, 0.717) is 12.8 Å². The predicted octanol–water partition coefficient (Wildman–Crippen LogP) is -0.119. The second-order valence-electron chi connectivity index (χ2n) is 4.62. The molecule has 2 aliphatic rings. The molecule has 15 heavy (non-hydrogen) atoms. The zero-order valence-corrected chi connectivity index (χ0v) is 8.62. The Labute approximate surface area is 87.5 Å². The van der Waals surface area contributed by atoms with E-state index >= 15 is 0 Å². The molecule has 1 spiro atoms. The fourth-order valence-electron chi connectivity index (χ4n) is 2.99. The van der Waals surface area contributed by atoms with Gasteiger partial charge in [0, 0.05) is 18.8 Å². The molecular weight excluding hydrogens is 198 g/mol. The molecule has 1 amide bonds. The van der Waals surface area contributed by atoms with Crippen LogP contribution in [0.3, 0.4) is 0 Å². The summed E-state index contributed by atoms with van der Waals surface area (Å²) in [4.78, 5) is 22.3. The van der Waals surface area contributed by atoms with Crippen molar-refractivity contribution in [2.75, 3.05) is 0 Å². The molecule has 0 saturated heterocycles. The van der Waals surface area contributed by atoms with Crippen LogP contribution in [0.1, 0.15) is 32.6 Å². The summed E-state index contributed by atoms with van der Waals surface area (Å²) in [5, 5.41) is 21.4. The maximum atomic E-state index is 11.3. The van der Waals surface area contributed by atoms with Crippen molar-refractivity contribution in [1.82, 2.24) is 5.32 Å². The van der Waals surface area contributed by atoms with Crippen molar-refractivity contribution in [2.45, 2.75) is 44.2 Å². The number of aliphatic hydroxyl groups excluding tert-OH is 1. The molecule has 0 radical (unpaired) electrons. The number of hydrogen-bond acceptors (Lipinski definition) is 3. The van der Waals surface area contributed by atoms with Gasteiger partial charge in [-0.2, -0.15) is 0 Å². The minimum absolute atomic E-state index is 0.127. The summed E-state index contributed by atoms with van der Waals surface area (Å²) >= 11 is 0. The van der Waals surface area contributed by atoms with E-state index in [-0.39, 0.29) is 12.3 Å². The van der Waals surface area contributed by atoms with Crippen molar-refractivity contribution < 1.29 is 19.8 Å². The molecule has 2 saturated carbocycles. The maximum Gasteiger partial charge on any atom is 0.330 e. The van der Waals surface area contributed by atoms with Crippen LogP contribution in [-0.4, -0.2) is 33.7 Å². The zero-order valence-electron chi connectivity index (χ0n) is 8.62. The van der Waals surface area contributed by atoms with Crippen molar-refractivity contribution in [1.29, 1.82) is 0 Å². The molecular formula is C10H15NO4. The lowest BCUT2D eigenvalue weighted by Crippen LogP contribution is -2.79. The lowest BCUT2D eigenvalue weighted by molar-refractivity contribution is -0.214. The summed E-state index contributed by atoms with van der Waals surface area (Å²) in [5.41, 5.74) is -1.83. The Hall–Kier alpha value is -1.10. The van der Waals surface area contributed by atoms with E-state index in [1.807, 2.05) is 0 Å². The van der Waals surface area contributed by atoms with E-state index < -0.39 is 23.0 Å². The van der Waals surface area contributed by atoms with Crippen LogP contribution in [0.15, 0.2) is 0 Å². The van der Waals surface area contributed by atoms with Crippen molar-refractivity contribution in [2.24, 2.45) is 5.41 Å². The first-order valence-corrected chi connectivity index (χ1v) is 5.15. The van der Waals surface area contributed by atoms with Crippen LogP contribution < -0.4 is 5.32 Å². The molecule has 84 valence electrons. The SMILES string of the molecule is CC(=O)NC1(C(=O)O)CC(O)C12CCC2. The molecule has 0 aromatic rings. The van der Waals surface area contributed by atoms with Gasteiger partial charge < -0.3 is 15.5 Å². The van der Waals surface area contributed by atoms with Crippen molar-refractivity contribution in [3.8, 4) is 0 Å². The highest BCUT2D eigenvalue weighted by Crippen LogP contribution is 2.62. The average Bonchev–Trinajstić information content (AvgIpc) is 1.97. The number of hydrogen-bond donors (Lipinski definition) is 3. The maximum absolute atomic E-state index is 11.3. The number of amides is 1. The molecule has 0 aliphatic heterocycles. The van der Waals surface area contributed by atoms with Gasteiger partial charge in [-0.1, -0.05) is 6.42 Å². The number of aliphatic hydroxyl groups is 1. The molecule has 5 nitrogen and oxygen atoms in total. The second-order valence-corrected chi connectivity index (χ2v) is 4.62. The van der Waals surface area contributed by atoms with E-state index in [0.717, 1.165) is 6.42 Å². The molecule has 0 bridgehead atoms. The Morgan fingerprint density at radius 1 is 1.40 bits per heavy atom. The van der Waals surface area contributed by atoms with Crippen molar-refractivity contribution in [3.05, 3.63) is 0 Å². The second kappa shape index (κ2) is 2.95. The Balaban J connectivity index is 2.28. The van der Waals surface area contributed by atoms with E-state index in [1.165, 1.54) is 6.92 Å². The Morgan fingerprint density at radius 2 is 2.00 bits per heavy atom. The first-order valence-electron chi connectivity index (χ1n) is 5.15. The Bertz CT molecular complexity index is 323. The number of carbonyl (C=O) groups excluding carboxylic acids is 1. The highest BCUT2D eigenvalue weighted by Gasteiger charge is 2.72. The highest BCUT2D eigenvalue weighted by molar-refractivity contribution is 5.88. The highest BCUT2D eigenvalue weighted by atomic mass is 16.4. The van der Waals surface area contributed by atoms with Gasteiger partial charge in [0.25, 0.3) is 0 Å². The van der Waals surface area contributed by atoms with Crippen LogP contribution >= 0.6 is 0 Å². The third kappa shape index (κ3) is 1.07. The van der Waals surface area contributed by atoms with Crippen LogP contribution in [0, 0.1) is 5.41 Å². The molecule has 2 aliphatic carbocycles. The van der Waals surface area contributed by atoms with Gasteiger partial charge in [0.1, 0.15) is 5.54 Å². The van der Waals surface area contributed by atoms with Crippen molar-refractivity contribution in [3.63, 3.8) is 0 Å². The molecule has 2 unspecified atom stereocenters. The molecule has 5 heteroatoms. The number of aliphatic carboxylic acids is 1. The summed E-state index contributed by atoms with van der Waals surface area (Å²) in [6.07, 6.45) is 1.82. The smallest absolute Gasteiger partial charge is 0.330 e. The molecule has 0 aromatic heterocycles. The van der Waals surface area contributed by atoms with Crippen LogP contribution in [0.25, 0.3) is 0 Å². The van der Waals surface area contributed by atoms with Crippen molar-refractivity contribution >= 4 is 11.9 Å². The van der Waals surface area contributed by atoms with Gasteiger partial charge in [0.05, 0.1) is 6.10 Å². The third-order valence-corrected chi connectivity index (χ3v) is 3.99. The lowest BCUT2D eigenvalue weighted by atomic mass is 9.43. The normalized spacial score (nSPS) is 36.5. The summed E-state index contributed by atoms with van der Waals surface area (Å²) in [6, 6.07) is 0. The summed E-state index contributed by atoms with van der Waals surface area (Å²) in [5.74, 6) is -1.38. The van der Waals surface area contributed by atoms with Crippen LogP contribution in [0.2, 0.25) is 0 Å². The first-order chi connectivity index (χ1) is 6.94. The van der Waals surface area contributed by atoms with E-state index in [1.54, 1.807) is 0 Å². The quantitative estimate of drug-likeness (QED) is 0.597. The van der Waals surface area contributed by atoms with Gasteiger partial charge in [-0.3, -0.25) is 4.79 Å². The fourth-order valence-corrected chi connectivity index (χ4v) is 2.99. The van der Waals surface area contributed by atoms with Gasteiger partial charge in [-0.25, -0.2) is 4.79 Å². The minimum atomic E-state index is -1.23. The molecule has 2 rings (SSSR count). The van der Waals surface area contributed by atoms with Gasteiger partial charge in [0.2, 0.25) is 5.91 Å². The summed E-state index contributed by atoms with van der Waals surface area (Å²) < 4.78 is 0. The zero-order chi connectivity index (χ0) is 11.3. The molecule has 0 aromatic carbocycles. The lowest BCUT2D eigenvalue weighted by Gasteiger charge is -2.64. The van der Waals surface area contributed by atoms with Crippen LogP contribution in [0.5, 0.6) is 0 Å². The largest absolute Gasteiger partial charge is 0.479 e. The standard InChI is InChI=1S/C10H15NO4/c1-6(12)11-10(8(14)15)5-7(13)9(10)3-2-4-9/h7,13H,2-5H2,1H3,(H,11,12)(H,14,15). The average molecular weight is 213 g/mol. The summed E-state index contributed by atoms with van der Waals surface area (Å²) in [6.45, 7) is 1.31. The monoisotopic (exact) mass is 213 g/mol. The van der Waals surface area contributed by atoms with E-state index in [9.17, 15) is 19.8 Å². The van der Waals surface area contributed by atoms with Gasteiger partial charge in [-0.15, -0.1) is 0 Å². The molecule has 2 atom stereocenters. The Morgan fingerprint density at radius 3 is 2.27 bits per heavy atom. The molecule has 3 N–H and O–H groups in total. The van der Waals surface area contributed by atoms with Gasteiger partial charge in [-0.05, 0) is 12.8 Å².